The Bertz CT molecular complexity index is 310. The highest BCUT2D eigenvalue weighted by atomic mass is 35.5. The van der Waals surface area contributed by atoms with Gasteiger partial charge in [0.1, 0.15) is 12.4 Å². The maximum absolute atomic E-state index is 5.87. The molecule has 1 aromatic carbocycles. The van der Waals surface area contributed by atoms with E-state index in [2.05, 4.69) is 0 Å². The van der Waals surface area contributed by atoms with Gasteiger partial charge in [0, 0.05) is 5.02 Å². The number of rotatable bonds is 3. The van der Waals surface area contributed by atoms with Crippen molar-refractivity contribution in [2.24, 2.45) is 5.73 Å². The molecule has 0 aliphatic heterocycles. The van der Waals surface area contributed by atoms with E-state index in [1.165, 1.54) is 0 Å². The highest BCUT2D eigenvalue weighted by molar-refractivity contribution is 6.30. The van der Waals surface area contributed by atoms with Crippen molar-refractivity contribution in [1.29, 1.82) is 0 Å². The van der Waals surface area contributed by atoms with Crippen LogP contribution >= 0.6 is 11.6 Å². The van der Waals surface area contributed by atoms with Crippen LogP contribution in [-0.2, 0) is 0 Å². The second-order valence-electron chi connectivity index (χ2n) is 3.61. The van der Waals surface area contributed by atoms with Crippen LogP contribution in [0.15, 0.2) is 24.3 Å². The molecule has 2 N–H and O–H groups in total. The van der Waals surface area contributed by atoms with E-state index in [0.29, 0.717) is 11.6 Å². The lowest BCUT2D eigenvalue weighted by molar-refractivity contribution is 0.279. The molecule has 70 valence electrons. The van der Waals surface area contributed by atoms with Gasteiger partial charge in [-0.05, 0) is 31.0 Å². The third-order valence-electron chi connectivity index (χ3n) is 2.21. The summed E-state index contributed by atoms with van der Waals surface area (Å²) in [7, 11) is 0. The molecule has 0 saturated heterocycles. The zero-order valence-electron chi connectivity index (χ0n) is 7.29. The minimum absolute atomic E-state index is 0.0671. The Morgan fingerprint density at radius 3 is 2.85 bits per heavy atom. The fraction of sp³-hybridized carbons (Fsp3) is 0.400. The van der Waals surface area contributed by atoms with Crippen LogP contribution in [0.2, 0.25) is 5.02 Å². The largest absolute Gasteiger partial charge is 0.492 e. The van der Waals surface area contributed by atoms with Crippen molar-refractivity contribution in [2.75, 3.05) is 6.61 Å². The standard InChI is InChI=1S/C10H12ClNO/c11-8-2-1-3-9(6-8)13-7-10(12)4-5-10/h1-3,6H,4-5,7,12H2. The first kappa shape index (κ1) is 8.85. The number of benzene rings is 1. The topological polar surface area (TPSA) is 35.2 Å². The lowest BCUT2D eigenvalue weighted by Crippen LogP contribution is -2.29. The summed E-state index contributed by atoms with van der Waals surface area (Å²) in [5.74, 6) is 0.796. The SMILES string of the molecule is NC1(COc2cccc(Cl)c2)CC1. The molecule has 0 aromatic heterocycles. The van der Waals surface area contributed by atoms with Crippen molar-refractivity contribution in [3.05, 3.63) is 29.3 Å². The van der Waals surface area contributed by atoms with E-state index in [-0.39, 0.29) is 5.54 Å². The normalized spacial score (nSPS) is 18.3. The van der Waals surface area contributed by atoms with Crippen LogP contribution in [0.3, 0.4) is 0 Å². The first-order valence-electron chi connectivity index (χ1n) is 4.35. The van der Waals surface area contributed by atoms with Gasteiger partial charge in [-0.2, -0.15) is 0 Å². The van der Waals surface area contributed by atoms with Gasteiger partial charge in [-0.3, -0.25) is 0 Å². The molecule has 0 heterocycles. The molecule has 0 bridgehead atoms. The molecular weight excluding hydrogens is 186 g/mol. The Balaban J connectivity index is 1.94. The predicted octanol–water partition coefficient (Wildman–Crippen LogP) is 2.21. The Labute approximate surface area is 82.6 Å². The van der Waals surface area contributed by atoms with Gasteiger partial charge < -0.3 is 10.5 Å². The Morgan fingerprint density at radius 1 is 1.46 bits per heavy atom. The lowest BCUT2D eigenvalue weighted by atomic mass is 10.3. The van der Waals surface area contributed by atoms with Crippen molar-refractivity contribution in [3.63, 3.8) is 0 Å². The number of nitrogens with two attached hydrogens (primary N) is 1. The van der Waals surface area contributed by atoms with E-state index < -0.39 is 0 Å². The van der Waals surface area contributed by atoms with Gasteiger partial charge in [0.25, 0.3) is 0 Å². The van der Waals surface area contributed by atoms with Gasteiger partial charge in [0.05, 0.1) is 5.54 Å². The zero-order chi connectivity index (χ0) is 9.31. The van der Waals surface area contributed by atoms with Gasteiger partial charge in [-0.25, -0.2) is 0 Å². The van der Waals surface area contributed by atoms with Crippen molar-refractivity contribution < 1.29 is 4.74 Å². The highest BCUT2D eigenvalue weighted by Crippen LogP contribution is 2.32. The summed E-state index contributed by atoms with van der Waals surface area (Å²) in [6, 6.07) is 7.38. The van der Waals surface area contributed by atoms with Gasteiger partial charge in [0.2, 0.25) is 0 Å². The summed E-state index contributed by atoms with van der Waals surface area (Å²) in [5, 5.41) is 0.694. The van der Waals surface area contributed by atoms with Crippen molar-refractivity contribution in [1.82, 2.24) is 0 Å². The van der Waals surface area contributed by atoms with Gasteiger partial charge in [0.15, 0.2) is 0 Å². The molecule has 1 aromatic rings. The molecule has 0 spiro atoms. The van der Waals surface area contributed by atoms with Crippen molar-refractivity contribution in [3.8, 4) is 5.75 Å². The molecule has 13 heavy (non-hydrogen) atoms. The monoisotopic (exact) mass is 197 g/mol. The quantitative estimate of drug-likeness (QED) is 0.807. The summed E-state index contributed by atoms with van der Waals surface area (Å²) in [4.78, 5) is 0. The Hall–Kier alpha value is -0.730. The van der Waals surface area contributed by atoms with E-state index in [9.17, 15) is 0 Å². The van der Waals surface area contributed by atoms with E-state index in [0.717, 1.165) is 18.6 Å². The second-order valence-corrected chi connectivity index (χ2v) is 4.04. The van der Waals surface area contributed by atoms with Crippen molar-refractivity contribution >= 4 is 11.6 Å². The van der Waals surface area contributed by atoms with Crippen LogP contribution in [0, 0.1) is 0 Å². The molecule has 1 aliphatic carbocycles. The average molecular weight is 198 g/mol. The third-order valence-corrected chi connectivity index (χ3v) is 2.45. The summed E-state index contributed by atoms with van der Waals surface area (Å²) in [6.07, 6.45) is 2.13. The minimum Gasteiger partial charge on any atom is -0.492 e. The molecule has 2 rings (SSSR count). The van der Waals surface area contributed by atoms with Crippen LogP contribution < -0.4 is 10.5 Å². The lowest BCUT2D eigenvalue weighted by Gasteiger charge is -2.10. The van der Waals surface area contributed by atoms with Crippen LogP contribution in [0.25, 0.3) is 0 Å². The predicted molar refractivity (Wildman–Crippen MR) is 53.1 cm³/mol. The van der Waals surface area contributed by atoms with Gasteiger partial charge in [-0.1, -0.05) is 17.7 Å². The van der Waals surface area contributed by atoms with Gasteiger partial charge in [-0.15, -0.1) is 0 Å². The van der Waals surface area contributed by atoms with Crippen LogP contribution in [-0.4, -0.2) is 12.1 Å². The molecule has 0 radical (unpaired) electrons. The summed E-state index contributed by atoms with van der Waals surface area (Å²) in [6.45, 7) is 0.591. The Kier molecular flexibility index (Phi) is 2.18. The maximum Gasteiger partial charge on any atom is 0.120 e. The molecule has 0 unspecified atom stereocenters. The smallest absolute Gasteiger partial charge is 0.120 e. The number of ether oxygens (including phenoxy) is 1. The summed E-state index contributed by atoms with van der Waals surface area (Å²) < 4.78 is 5.50. The molecule has 2 nitrogen and oxygen atoms in total. The van der Waals surface area contributed by atoms with Crippen molar-refractivity contribution in [2.45, 2.75) is 18.4 Å². The average Bonchev–Trinajstić information content (AvgIpc) is 2.82. The third kappa shape index (κ3) is 2.36. The Morgan fingerprint density at radius 2 is 2.23 bits per heavy atom. The first-order valence-corrected chi connectivity index (χ1v) is 4.73. The number of hydrogen-bond donors (Lipinski definition) is 1. The first-order chi connectivity index (χ1) is 6.18. The van der Waals surface area contributed by atoms with Crippen LogP contribution in [0.1, 0.15) is 12.8 Å². The summed E-state index contributed by atoms with van der Waals surface area (Å²) >= 11 is 5.80. The number of hydrogen-bond acceptors (Lipinski definition) is 2. The minimum atomic E-state index is -0.0671. The molecule has 0 amide bonds. The number of halogens is 1. The summed E-state index contributed by atoms with van der Waals surface area (Å²) in [5.41, 5.74) is 5.81. The fourth-order valence-corrected chi connectivity index (χ4v) is 1.27. The van der Waals surface area contributed by atoms with E-state index in [1.807, 2.05) is 18.2 Å². The highest BCUT2D eigenvalue weighted by Gasteiger charge is 2.39. The zero-order valence-corrected chi connectivity index (χ0v) is 8.05. The van der Waals surface area contributed by atoms with Crippen LogP contribution in [0.4, 0.5) is 0 Å². The second kappa shape index (κ2) is 3.20. The molecular formula is C10H12ClNO. The molecule has 3 heteroatoms. The molecule has 1 fully saturated rings. The van der Waals surface area contributed by atoms with E-state index >= 15 is 0 Å². The van der Waals surface area contributed by atoms with Crippen LogP contribution in [0.5, 0.6) is 5.75 Å². The van der Waals surface area contributed by atoms with E-state index in [1.54, 1.807) is 6.07 Å². The molecule has 1 aliphatic rings. The fourth-order valence-electron chi connectivity index (χ4n) is 1.09. The van der Waals surface area contributed by atoms with Gasteiger partial charge >= 0.3 is 0 Å². The molecule has 1 saturated carbocycles. The van der Waals surface area contributed by atoms with E-state index in [4.69, 9.17) is 22.1 Å². The molecule has 0 atom stereocenters. The maximum atomic E-state index is 5.87.